The van der Waals surface area contributed by atoms with E-state index in [1.165, 1.54) is 23.1 Å². The van der Waals surface area contributed by atoms with E-state index in [-0.39, 0.29) is 5.82 Å². The minimum absolute atomic E-state index is 0.180. The fraction of sp³-hybridized carbons (Fsp3) is 0.278. The highest BCUT2D eigenvalue weighted by Crippen LogP contribution is 2.20. The van der Waals surface area contributed by atoms with Crippen molar-refractivity contribution in [3.05, 3.63) is 60.2 Å². The van der Waals surface area contributed by atoms with Crippen molar-refractivity contribution < 1.29 is 4.39 Å². The molecule has 1 aliphatic rings. The maximum atomic E-state index is 13.0. The summed E-state index contributed by atoms with van der Waals surface area (Å²) < 4.78 is 13.0. The van der Waals surface area contributed by atoms with Crippen molar-refractivity contribution in [2.45, 2.75) is 6.54 Å². The molecular formula is C18H19FN4. The van der Waals surface area contributed by atoms with E-state index in [2.05, 4.69) is 32.0 Å². The second-order valence-electron chi connectivity index (χ2n) is 5.95. The van der Waals surface area contributed by atoms with E-state index < -0.39 is 0 Å². The van der Waals surface area contributed by atoms with Crippen molar-refractivity contribution in [2.24, 2.45) is 0 Å². The van der Waals surface area contributed by atoms with Crippen LogP contribution in [0.4, 0.5) is 10.1 Å². The van der Waals surface area contributed by atoms with Gasteiger partial charge >= 0.3 is 0 Å². The molecule has 2 aromatic heterocycles. The van der Waals surface area contributed by atoms with E-state index in [1.807, 2.05) is 24.4 Å². The van der Waals surface area contributed by atoms with Gasteiger partial charge in [0.25, 0.3) is 0 Å². The van der Waals surface area contributed by atoms with Crippen molar-refractivity contribution in [2.75, 3.05) is 31.1 Å². The Labute approximate surface area is 134 Å². The minimum atomic E-state index is -0.180. The molecule has 0 amide bonds. The first-order valence-electron chi connectivity index (χ1n) is 7.93. The van der Waals surface area contributed by atoms with Crippen LogP contribution in [0.1, 0.15) is 5.56 Å². The lowest BCUT2D eigenvalue weighted by Crippen LogP contribution is -2.45. The number of pyridine rings is 1. The Morgan fingerprint density at radius 1 is 1.04 bits per heavy atom. The van der Waals surface area contributed by atoms with E-state index in [0.717, 1.165) is 44.1 Å². The number of benzene rings is 1. The molecule has 4 rings (SSSR count). The zero-order valence-corrected chi connectivity index (χ0v) is 12.9. The van der Waals surface area contributed by atoms with Crippen molar-refractivity contribution in [3.63, 3.8) is 0 Å². The van der Waals surface area contributed by atoms with Gasteiger partial charge in [0.2, 0.25) is 0 Å². The highest BCUT2D eigenvalue weighted by Gasteiger charge is 2.18. The molecular weight excluding hydrogens is 290 g/mol. The predicted molar refractivity (Wildman–Crippen MR) is 90.0 cm³/mol. The summed E-state index contributed by atoms with van der Waals surface area (Å²) in [4.78, 5) is 12.3. The van der Waals surface area contributed by atoms with Gasteiger partial charge in [0, 0.05) is 56.2 Å². The zero-order valence-electron chi connectivity index (χ0n) is 12.9. The van der Waals surface area contributed by atoms with Gasteiger partial charge < -0.3 is 9.88 Å². The number of nitrogens with one attached hydrogen (secondary N) is 1. The standard InChI is InChI=1S/C18H19FN4/c19-15-3-5-16(6-4-15)23-10-8-22(9-11-23)13-14-12-21-18-17(14)2-1-7-20-18/h1-7,12H,8-11,13H2,(H,20,21)/i19-1. The number of aromatic amines is 1. The third-order valence-electron chi connectivity index (χ3n) is 4.49. The van der Waals surface area contributed by atoms with Crippen LogP contribution in [0.15, 0.2) is 48.8 Å². The second-order valence-corrected chi connectivity index (χ2v) is 5.95. The number of anilines is 1. The van der Waals surface area contributed by atoms with E-state index in [0.29, 0.717) is 0 Å². The van der Waals surface area contributed by atoms with Crippen LogP contribution in [-0.4, -0.2) is 41.0 Å². The first-order valence-corrected chi connectivity index (χ1v) is 7.93. The molecule has 3 aromatic rings. The van der Waals surface area contributed by atoms with Crippen LogP contribution in [0, 0.1) is 5.82 Å². The molecule has 0 bridgehead atoms. The number of hydrogen-bond donors (Lipinski definition) is 1. The number of aromatic nitrogens is 2. The number of halogens is 1. The first-order chi connectivity index (χ1) is 11.3. The molecule has 0 unspecified atom stereocenters. The van der Waals surface area contributed by atoms with Gasteiger partial charge in [-0.05, 0) is 42.0 Å². The summed E-state index contributed by atoms with van der Waals surface area (Å²) in [6.07, 6.45) is 3.87. The van der Waals surface area contributed by atoms with Gasteiger partial charge in [-0.2, -0.15) is 0 Å². The van der Waals surface area contributed by atoms with Crippen molar-refractivity contribution in [3.8, 4) is 0 Å². The summed E-state index contributed by atoms with van der Waals surface area (Å²) in [5, 5.41) is 1.20. The molecule has 5 heteroatoms. The number of H-pyrrole nitrogens is 1. The van der Waals surface area contributed by atoms with Gasteiger partial charge in [-0.15, -0.1) is 0 Å². The molecule has 4 nitrogen and oxygen atoms in total. The number of fused-ring (bicyclic) bond motifs is 1. The molecule has 23 heavy (non-hydrogen) atoms. The molecule has 1 fully saturated rings. The summed E-state index contributed by atoms with van der Waals surface area (Å²) in [5.41, 5.74) is 3.35. The number of piperazine rings is 1. The molecule has 1 aromatic carbocycles. The molecule has 0 radical (unpaired) electrons. The van der Waals surface area contributed by atoms with Crippen molar-refractivity contribution >= 4 is 16.7 Å². The van der Waals surface area contributed by atoms with E-state index in [9.17, 15) is 4.39 Å². The summed E-state index contributed by atoms with van der Waals surface area (Å²) >= 11 is 0. The molecule has 1 N–H and O–H groups in total. The molecule has 0 spiro atoms. The van der Waals surface area contributed by atoms with Crippen LogP contribution >= 0.6 is 0 Å². The SMILES string of the molecule is [18F]c1ccc(N2CCN(Cc3c[nH]c4ncccc34)CC2)cc1. The number of rotatable bonds is 3. The lowest BCUT2D eigenvalue weighted by atomic mass is 10.2. The van der Waals surface area contributed by atoms with E-state index in [1.54, 1.807) is 0 Å². The smallest absolute Gasteiger partial charge is 0.137 e. The lowest BCUT2D eigenvalue weighted by Gasteiger charge is -2.36. The van der Waals surface area contributed by atoms with Gasteiger partial charge in [-0.25, -0.2) is 9.37 Å². The molecule has 3 heterocycles. The Balaban J connectivity index is 1.41. The molecule has 1 saturated heterocycles. The third kappa shape index (κ3) is 2.92. The Hall–Kier alpha value is -2.40. The van der Waals surface area contributed by atoms with Gasteiger partial charge in [0.15, 0.2) is 0 Å². The summed E-state index contributed by atoms with van der Waals surface area (Å²) in [6, 6.07) is 10.9. The van der Waals surface area contributed by atoms with Crippen LogP contribution in [0.3, 0.4) is 0 Å². The van der Waals surface area contributed by atoms with Gasteiger partial charge in [-0.3, -0.25) is 4.90 Å². The monoisotopic (exact) mass is 309 g/mol. The highest BCUT2D eigenvalue weighted by atomic mass is 18.2. The topological polar surface area (TPSA) is 35.2 Å². The first kappa shape index (κ1) is 14.2. The second kappa shape index (κ2) is 6.01. The van der Waals surface area contributed by atoms with Gasteiger partial charge in [0.1, 0.15) is 11.5 Å². The van der Waals surface area contributed by atoms with E-state index in [4.69, 9.17) is 0 Å². The molecule has 0 aliphatic carbocycles. The normalized spacial score (nSPS) is 16.1. The van der Waals surface area contributed by atoms with Crippen LogP contribution in [0.5, 0.6) is 0 Å². The van der Waals surface area contributed by atoms with Gasteiger partial charge in [0.05, 0.1) is 0 Å². The Bertz CT molecular complexity index is 788. The molecule has 118 valence electrons. The summed E-state index contributed by atoms with van der Waals surface area (Å²) in [6.45, 7) is 4.87. The van der Waals surface area contributed by atoms with Crippen LogP contribution in [-0.2, 0) is 6.54 Å². The Morgan fingerprint density at radius 3 is 2.61 bits per heavy atom. The zero-order chi connectivity index (χ0) is 15.6. The van der Waals surface area contributed by atoms with Crippen LogP contribution in [0.25, 0.3) is 11.0 Å². The van der Waals surface area contributed by atoms with Gasteiger partial charge in [-0.1, -0.05) is 0 Å². The Morgan fingerprint density at radius 2 is 1.83 bits per heavy atom. The third-order valence-corrected chi connectivity index (χ3v) is 4.49. The summed E-state index contributed by atoms with van der Waals surface area (Å²) in [5.74, 6) is -0.180. The predicted octanol–water partition coefficient (Wildman–Crippen LogP) is 3.02. The van der Waals surface area contributed by atoms with Crippen LogP contribution < -0.4 is 4.90 Å². The average Bonchev–Trinajstić information content (AvgIpc) is 3.00. The van der Waals surface area contributed by atoms with Crippen LogP contribution in [0.2, 0.25) is 0 Å². The van der Waals surface area contributed by atoms with Crippen molar-refractivity contribution in [1.82, 2.24) is 14.9 Å². The quantitative estimate of drug-likeness (QED) is 0.808. The fourth-order valence-electron chi connectivity index (χ4n) is 3.20. The maximum Gasteiger partial charge on any atom is 0.137 e. The number of hydrogen-bond acceptors (Lipinski definition) is 3. The van der Waals surface area contributed by atoms with E-state index >= 15 is 0 Å². The maximum absolute atomic E-state index is 13.0. The Kier molecular flexibility index (Phi) is 3.71. The largest absolute Gasteiger partial charge is 0.369 e. The average molecular weight is 309 g/mol. The summed E-state index contributed by atoms with van der Waals surface area (Å²) in [7, 11) is 0. The fourth-order valence-corrected chi connectivity index (χ4v) is 3.20. The minimum Gasteiger partial charge on any atom is -0.369 e. The highest BCUT2D eigenvalue weighted by molar-refractivity contribution is 5.79. The lowest BCUT2D eigenvalue weighted by molar-refractivity contribution is 0.250. The van der Waals surface area contributed by atoms with Crippen molar-refractivity contribution in [1.29, 1.82) is 0 Å². The molecule has 0 atom stereocenters. The number of nitrogens with zero attached hydrogens (tertiary/aromatic N) is 3. The molecule has 0 saturated carbocycles. The molecule has 1 aliphatic heterocycles.